The van der Waals surface area contributed by atoms with Crippen LogP contribution in [0.3, 0.4) is 0 Å². The van der Waals surface area contributed by atoms with Gasteiger partial charge in [0, 0.05) is 48.2 Å². The quantitative estimate of drug-likeness (QED) is 0.566. The highest BCUT2D eigenvalue weighted by molar-refractivity contribution is 7.13. The fourth-order valence-corrected chi connectivity index (χ4v) is 4.82. The molecule has 0 atom stereocenters. The van der Waals surface area contributed by atoms with Crippen molar-refractivity contribution in [2.45, 2.75) is 32.7 Å². The number of carbonyl (C=O) groups is 1. The zero-order chi connectivity index (χ0) is 23.4. The van der Waals surface area contributed by atoms with E-state index in [9.17, 15) is 4.79 Å². The Balaban J connectivity index is 1.58. The fourth-order valence-electron chi connectivity index (χ4n) is 3.75. The molecule has 1 aromatic heterocycles. The minimum absolute atomic E-state index is 0.00763. The van der Waals surface area contributed by atoms with Crippen LogP contribution >= 0.6 is 11.3 Å². The number of carbonyl (C=O) groups excluding carboxylic acids is 1. The molecule has 0 spiro atoms. The van der Waals surface area contributed by atoms with Crippen molar-refractivity contribution in [2.75, 3.05) is 38.2 Å². The molecule has 0 bridgehead atoms. The topological polar surface area (TPSA) is 57.7 Å². The lowest BCUT2D eigenvalue weighted by Crippen LogP contribution is -2.46. The molecule has 1 N–H and O–H groups in total. The van der Waals surface area contributed by atoms with E-state index in [0.717, 1.165) is 59.6 Å². The molecule has 0 saturated carbocycles. The van der Waals surface area contributed by atoms with E-state index < -0.39 is 0 Å². The molecule has 7 heteroatoms. The average Bonchev–Trinajstić information content (AvgIpc) is 3.34. The Morgan fingerprint density at radius 3 is 2.33 bits per heavy atom. The van der Waals surface area contributed by atoms with E-state index in [1.165, 1.54) is 0 Å². The van der Waals surface area contributed by atoms with Gasteiger partial charge in [0.1, 0.15) is 5.75 Å². The standard InChI is InChI=1S/C26H32N4O2S/c1-26(2,3)23-18-33-25(28-23)30(21-9-11-22(32-4)12-10-21)17-19-5-7-20(8-6-19)24(31)29-15-13-27-14-16-29/h5-12,18,27H,13-17H2,1-4H3. The van der Waals surface area contributed by atoms with Gasteiger partial charge >= 0.3 is 0 Å². The number of hydrogen-bond acceptors (Lipinski definition) is 6. The molecule has 2 heterocycles. The molecule has 174 valence electrons. The average molecular weight is 465 g/mol. The molecule has 1 fully saturated rings. The molecule has 1 amide bonds. The summed E-state index contributed by atoms with van der Waals surface area (Å²) < 4.78 is 5.34. The number of rotatable bonds is 6. The third-order valence-electron chi connectivity index (χ3n) is 5.82. The van der Waals surface area contributed by atoms with Gasteiger partial charge in [0.25, 0.3) is 5.91 Å². The maximum atomic E-state index is 12.8. The van der Waals surface area contributed by atoms with Crippen LogP contribution in [0.4, 0.5) is 10.8 Å². The second-order valence-corrected chi connectivity index (χ2v) is 10.1. The van der Waals surface area contributed by atoms with Gasteiger partial charge in [-0.1, -0.05) is 32.9 Å². The molecule has 33 heavy (non-hydrogen) atoms. The summed E-state index contributed by atoms with van der Waals surface area (Å²) in [6, 6.07) is 16.0. The fraction of sp³-hybridized carbons (Fsp3) is 0.385. The van der Waals surface area contributed by atoms with Gasteiger partial charge in [0.2, 0.25) is 0 Å². The summed E-state index contributed by atoms with van der Waals surface area (Å²) in [5.74, 6) is 0.925. The van der Waals surface area contributed by atoms with E-state index in [0.29, 0.717) is 6.54 Å². The van der Waals surface area contributed by atoms with Crippen LogP contribution in [-0.4, -0.2) is 49.1 Å². The Hall–Kier alpha value is -2.90. The number of nitrogens with one attached hydrogen (secondary N) is 1. The summed E-state index contributed by atoms with van der Waals surface area (Å²) >= 11 is 1.65. The molecule has 6 nitrogen and oxygen atoms in total. The molecule has 4 rings (SSSR count). The first-order chi connectivity index (χ1) is 15.8. The molecule has 1 saturated heterocycles. The van der Waals surface area contributed by atoms with Gasteiger partial charge in [-0.2, -0.15) is 0 Å². The lowest BCUT2D eigenvalue weighted by atomic mass is 9.93. The van der Waals surface area contributed by atoms with E-state index >= 15 is 0 Å². The molecule has 3 aromatic rings. The van der Waals surface area contributed by atoms with Crippen molar-refractivity contribution in [3.8, 4) is 5.75 Å². The molecule has 2 aromatic carbocycles. The number of anilines is 2. The van der Waals surface area contributed by atoms with Crippen LogP contribution in [0.5, 0.6) is 5.75 Å². The van der Waals surface area contributed by atoms with Crippen LogP contribution in [-0.2, 0) is 12.0 Å². The molecular weight excluding hydrogens is 432 g/mol. The maximum Gasteiger partial charge on any atom is 0.253 e. The van der Waals surface area contributed by atoms with Crippen molar-refractivity contribution in [3.05, 3.63) is 70.7 Å². The number of amides is 1. The number of ether oxygens (including phenoxy) is 1. The number of nitrogens with zero attached hydrogens (tertiary/aromatic N) is 3. The summed E-state index contributed by atoms with van der Waals surface area (Å²) in [6.45, 7) is 10.4. The summed E-state index contributed by atoms with van der Waals surface area (Å²) in [4.78, 5) is 21.9. The first kappa shape index (κ1) is 23.3. The number of thiazole rings is 1. The number of methoxy groups -OCH3 is 1. The number of benzene rings is 2. The Labute approximate surface area is 200 Å². The largest absolute Gasteiger partial charge is 0.497 e. The van der Waals surface area contributed by atoms with Crippen LogP contribution in [0.15, 0.2) is 53.9 Å². The van der Waals surface area contributed by atoms with Gasteiger partial charge in [0.05, 0.1) is 19.3 Å². The van der Waals surface area contributed by atoms with Gasteiger partial charge in [-0.3, -0.25) is 4.79 Å². The number of aromatic nitrogens is 1. The minimum atomic E-state index is -0.00763. The summed E-state index contributed by atoms with van der Waals surface area (Å²) in [5.41, 5.74) is 3.98. The van der Waals surface area contributed by atoms with Crippen molar-refractivity contribution in [1.82, 2.24) is 15.2 Å². The Kier molecular flexibility index (Phi) is 7.00. The summed E-state index contributed by atoms with van der Waals surface area (Å²) in [6.07, 6.45) is 0. The highest BCUT2D eigenvalue weighted by Gasteiger charge is 2.22. The van der Waals surface area contributed by atoms with Gasteiger partial charge in [0.15, 0.2) is 5.13 Å². The van der Waals surface area contributed by atoms with Gasteiger partial charge in [-0.15, -0.1) is 11.3 Å². The second kappa shape index (κ2) is 9.93. The molecule has 0 radical (unpaired) electrons. The lowest BCUT2D eigenvalue weighted by Gasteiger charge is -2.27. The summed E-state index contributed by atoms with van der Waals surface area (Å²) in [5, 5.41) is 6.38. The van der Waals surface area contributed by atoms with Crippen molar-refractivity contribution < 1.29 is 9.53 Å². The van der Waals surface area contributed by atoms with Crippen molar-refractivity contribution in [2.24, 2.45) is 0 Å². The predicted molar refractivity (Wildman–Crippen MR) is 135 cm³/mol. The third kappa shape index (κ3) is 5.54. The summed E-state index contributed by atoms with van der Waals surface area (Å²) in [7, 11) is 1.67. The van der Waals surface area contributed by atoms with Gasteiger partial charge in [-0.05, 0) is 42.0 Å². The van der Waals surface area contributed by atoms with Gasteiger partial charge in [-0.25, -0.2) is 4.98 Å². The molecular formula is C26H32N4O2S. The van der Waals surface area contributed by atoms with Crippen molar-refractivity contribution >= 4 is 28.1 Å². The van der Waals surface area contributed by atoms with Crippen LogP contribution in [0.2, 0.25) is 0 Å². The molecule has 1 aliphatic heterocycles. The lowest BCUT2D eigenvalue weighted by molar-refractivity contribution is 0.0736. The van der Waals surface area contributed by atoms with E-state index in [-0.39, 0.29) is 11.3 Å². The Bertz CT molecular complexity index is 1060. The zero-order valence-corrected chi connectivity index (χ0v) is 20.6. The number of hydrogen-bond donors (Lipinski definition) is 1. The third-order valence-corrected chi connectivity index (χ3v) is 6.68. The van der Waals surface area contributed by atoms with E-state index in [1.807, 2.05) is 41.3 Å². The highest BCUT2D eigenvalue weighted by atomic mass is 32.1. The van der Waals surface area contributed by atoms with E-state index in [2.05, 4.69) is 48.5 Å². The monoisotopic (exact) mass is 464 g/mol. The van der Waals surface area contributed by atoms with Crippen LogP contribution < -0.4 is 15.0 Å². The van der Waals surface area contributed by atoms with Crippen LogP contribution in [0, 0.1) is 0 Å². The maximum absolute atomic E-state index is 12.8. The minimum Gasteiger partial charge on any atom is -0.497 e. The first-order valence-corrected chi connectivity index (χ1v) is 12.2. The zero-order valence-electron chi connectivity index (χ0n) is 19.8. The van der Waals surface area contributed by atoms with Crippen molar-refractivity contribution in [1.29, 1.82) is 0 Å². The van der Waals surface area contributed by atoms with E-state index in [4.69, 9.17) is 9.72 Å². The molecule has 1 aliphatic rings. The van der Waals surface area contributed by atoms with Crippen molar-refractivity contribution in [3.63, 3.8) is 0 Å². The smallest absolute Gasteiger partial charge is 0.253 e. The SMILES string of the molecule is COc1ccc(N(Cc2ccc(C(=O)N3CCNCC3)cc2)c2nc(C(C)(C)C)cs2)cc1. The predicted octanol–water partition coefficient (Wildman–Crippen LogP) is 4.83. The highest BCUT2D eigenvalue weighted by Crippen LogP contribution is 2.34. The van der Waals surface area contributed by atoms with E-state index in [1.54, 1.807) is 18.4 Å². The van der Waals surface area contributed by atoms with Crippen LogP contribution in [0.1, 0.15) is 42.4 Å². The first-order valence-electron chi connectivity index (χ1n) is 11.3. The second-order valence-electron chi connectivity index (χ2n) is 9.29. The Morgan fingerprint density at radius 2 is 1.76 bits per heavy atom. The molecule has 0 aliphatic carbocycles. The number of piperazine rings is 1. The normalized spacial score (nSPS) is 14.2. The Morgan fingerprint density at radius 1 is 1.09 bits per heavy atom. The van der Waals surface area contributed by atoms with Gasteiger partial charge < -0.3 is 19.9 Å². The molecule has 0 unspecified atom stereocenters. The van der Waals surface area contributed by atoms with Crippen LogP contribution in [0.25, 0.3) is 0 Å².